The molecule has 2 aliphatic heterocycles. The molecule has 24 heavy (non-hydrogen) atoms. The molecule has 0 unspecified atom stereocenters. The van der Waals surface area contributed by atoms with Crippen molar-refractivity contribution in [2.45, 2.75) is 25.0 Å². The fraction of sp³-hybridized carbons (Fsp3) is 0.500. The Labute approximate surface area is 142 Å². The Kier molecular flexibility index (Phi) is 4.40. The largest absolute Gasteiger partial charge is 0.370 e. The van der Waals surface area contributed by atoms with Gasteiger partial charge in [0, 0.05) is 51.3 Å². The van der Waals surface area contributed by atoms with Gasteiger partial charge in [0.1, 0.15) is 5.82 Å². The van der Waals surface area contributed by atoms with Crippen molar-refractivity contribution in [3.8, 4) is 0 Å². The first-order chi connectivity index (χ1) is 11.8. The van der Waals surface area contributed by atoms with Crippen molar-refractivity contribution in [2.75, 3.05) is 37.7 Å². The van der Waals surface area contributed by atoms with Gasteiger partial charge in [-0.25, -0.2) is 4.98 Å². The molecule has 6 nitrogen and oxygen atoms in total. The van der Waals surface area contributed by atoms with E-state index in [1.165, 1.54) is 0 Å². The molecule has 126 valence electrons. The van der Waals surface area contributed by atoms with Crippen LogP contribution in [0.4, 0.5) is 5.82 Å². The van der Waals surface area contributed by atoms with E-state index in [2.05, 4.69) is 36.9 Å². The SMILES string of the molecule is c1ccc(CN2CCO[C@@]3(CCCN(c4cnccn4)C3)C2)nc1. The van der Waals surface area contributed by atoms with Crippen molar-refractivity contribution in [3.63, 3.8) is 0 Å². The van der Waals surface area contributed by atoms with Crippen molar-refractivity contribution >= 4 is 5.82 Å². The lowest BCUT2D eigenvalue weighted by atomic mass is 9.90. The van der Waals surface area contributed by atoms with Gasteiger partial charge in [0.25, 0.3) is 0 Å². The van der Waals surface area contributed by atoms with Crippen LogP contribution in [0.3, 0.4) is 0 Å². The van der Waals surface area contributed by atoms with Gasteiger partial charge >= 0.3 is 0 Å². The summed E-state index contributed by atoms with van der Waals surface area (Å²) >= 11 is 0. The second kappa shape index (κ2) is 6.83. The van der Waals surface area contributed by atoms with Crippen molar-refractivity contribution in [3.05, 3.63) is 48.7 Å². The fourth-order valence-electron chi connectivity index (χ4n) is 3.77. The van der Waals surface area contributed by atoms with Crippen LogP contribution >= 0.6 is 0 Å². The molecule has 0 saturated carbocycles. The molecule has 6 heteroatoms. The second-order valence-electron chi connectivity index (χ2n) is 6.65. The molecule has 0 bridgehead atoms. The third-order valence-corrected chi connectivity index (χ3v) is 4.85. The van der Waals surface area contributed by atoms with E-state index < -0.39 is 0 Å². The Hall–Kier alpha value is -2.05. The van der Waals surface area contributed by atoms with Crippen molar-refractivity contribution < 1.29 is 4.74 Å². The molecular weight excluding hydrogens is 302 g/mol. The lowest BCUT2D eigenvalue weighted by molar-refractivity contribution is -0.116. The van der Waals surface area contributed by atoms with E-state index in [0.29, 0.717) is 0 Å². The quantitative estimate of drug-likeness (QED) is 0.857. The summed E-state index contributed by atoms with van der Waals surface area (Å²) in [6.45, 7) is 5.47. The Morgan fingerprint density at radius 3 is 2.92 bits per heavy atom. The number of ether oxygens (including phenoxy) is 1. The van der Waals surface area contributed by atoms with E-state index in [0.717, 1.165) is 63.7 Å². The Morgan fingerprint density at radius 1 is 1.08 bits per heavy atom. The summed E-state index contributed by atoms with van der Waals surface area (Å²) in [7, 11) is 0. The third-order valence-electron chi connectivity index (χ3n) is 4.85. The van der Waals surface area contributed by atoms with E-state index in [4.69, 9.17) is 4.74 Å². The molecule has 1 spiro atoms. The van der Waals surface area contributed by atoms with Crippen LogP contribution in [0.5, 0.6) is 0 Å². The zero-order chi connectivity index (χ0) is 16.2. The van der Waals surface area contributed by atoms with Gasteiger partial charge in [-0.3, -0.25) is 14.9 Å². The Bertz CT molecular complexity index is 649. The van der Waals surface area contributed by atoms with E-state index >= 15 is 0 Å². The topological polar surface area (TPSA) is 54.4 Å². The van der Waals surface area contributed by atoms with E-state index in [1.807, 2.05) is 18.5 Å². The molecule has 2 fully saturated rings. The monoisotopic (exact) mass is 325 g/mol. The number of aromatic nitrogens is 3. The summed E-state index contributed by atoms with van der Waals surface area (Å²) in [5, 5.41) is 0. The van der Waals surface area contributed by atoms with Crippen LogP contribution in [-0.2, 0) is 11.3 Å². The predicted molar refractivity (Wildman–Crippen MR) is 91.7 cm³/mol. The summed E-state index contributed by atoms with van der Waals surface area (Å²) in [5.41, 5.74) is 1.01. The highest BCUT2D eigenvalue weighted by Gasteiger charge is 2.40. The maximum atomic E-state index is 6.27. The first kappa shape index (κ1) is 15.5. The van der Waals surface area contributed by atoms with Crippen LogP contribution in [0.2, 0.25) is 0 Å². The van der Waals surface area contributed by atoms with Crippen LogP contribution in [-0.4, -0.2) is 58.2 Å². The molecule has 2 aromatic heterocycles. The highest BCUT2D eigenvalue weighted by molar-refractivity contribution is 5.36. The van der Waals surface area contributed by atoms with E-state index in [-0.39, 0.29) is 5.60 Å². The first-order valence-corrected chi connectivity index (χ1v) is 8.60. The lowest BCUT2D eigenvalue weighted by Gasteiger charge is -2.48. The summed E-state index contributed by atoms with van der Waals surface area (Å²) in [4.78, 5) is 17.9. The molecule has 2 aromatic rings. The van der Waals surface area contributed by atoms with Crippen molar-refractivity contribution in [1.29, 1.82) is 0 Å². The van der Waals surface area contributed by atoms with Gasteiger partial charge in [-0.2, -0.15) is 0 Å². The molecule has 2 saturated heterocycles. The van der Waals surface area contributed by atoms with Crippen molar-refractivity contribution in [1.82, 2.24) is 19.9 Å². The van der Waals surface area contributed by atoms with Gasteiger partial charge in [0.2, 0.25) is 0 Å². The molecule has 0 amide bonds. The summed E-state index contributed by atoms with van der Waals surface area (Å²) in [6, 6.07) is 6.11. The minimum absolute atomic E-state index is 0.108. The number of morpholine rings is 1. The molecular formula is C18H23N5O. The lowest BCUT2D eigenvalue weighted by Crippen LogP contribution is -2.59. The first-order valence-electron chi connectivity index (χ1n) is 8.60. The highest BCUT2D eigenvalue weighted by atomic mass is 16.5. The summed E-state index contributed by atoms with van der Waals surface area (Å²) < 4.78 is 6.27. The summed E-state index contributed by atoms with van der Waals surface area (Å²) in [6.07, 6.45) is 9.40. The third kappa shape index (κ3) is 3.39. The number of rotatable bonds is 3. The fourth-order valence-corrected chi connectivity index (χ4v) is 3.77. The van der Waals surface area contributed by atoms with Gasteiger partial charge in [-0.15, -0.1) is 0 Å². The molecule has 0 aliphatic carbocycles. The molecule has 0 aromatic carbocycles. The van der Waals surface area contributed by atoms with Crippen LogP contribution in [0.25, 0.3) is 0 Å². The van der Waals surface area contributed by atoms with E-state index in [1.54, 1.807) is 12.4 Å². The average Bonchev–Trinajstić information content (AvgIpc) is 2.63. The van der Waals surface area contributed by atoms with Gasteiger partial charge in [-0.05, 0) is 25.0 Å². The minimum Gasteiger partial charge on any atom is -0.370 e. The minimum atomic E-state index is -0.108. The molecule has 4 rings (SSSR count). The standard InChI is InChI=1S/C18H23N5O/c1-2-6-20-16(4-1)13-22-10-11-24-18(14-22)5-3-9-23(15-18)17-12-19-7-8-21-17/h1-2,4,6-8,12H,3,5,9-11,13-15H2/t18-/m0/s1. The number of hydrogen-bond donors (Lipinski definition) is 0. The number of piperidine rings is 1. The Balaban J connectivity index is 1.45. The molecule has 2 aliphatic rings. The second-order valence-corrected chi connectivity index (χ2v) is 6.65. The molecule has 1 atom stereocenters. The highest BCUT2D eigenvalue weighted by Crippen LogP contribution is 2.31. The van der Waals surface area contributed by atoms with Crippen molar-refractivity contribution in [2.24, 2.45) is 0 Å². The number of anilines is 1. The maximum Gasteiger partial charge on any atom is 0.147 e. The number of pyridine rings is 1. The zero-order valence-electron chi connectivity index (χ0n) is 13.8. The smallest absolute Gasteiger partial charge is 0.147 e. The zero-order valence-corrected chi connectivity index (χ0v) is 13.8. The average molecular weight is 325 g/mol. The van der Waals surface area contributed by atoms with Gasteiger partial charge in [0.05, 0.1) is 24.1 Å². The normalized spacial score (nSPS) is 25.1. The van der Waals surface area contributed by atoms with Crippen LogP contribution in [0, 0.1) is 0 Å². The molecule has 0 N–H and O–H groups in total. The van der Waals surface area contributed by atoms with Gasteiger partial charge < -0.3 is 9.64 Å². The van der Waals surface area contributed by atoms with E-state index in [9.17, 15) is 0 Å². The number of nitrogens with zero attached hydrogens (tertiary/aromatic N) is 5. The number of hydrogen-bond acceptors (Lipinski definition) is 6. The molecule has 0 radical (unpaired) electrons. The van der Waals surface area contributed by atoms with Crippen LogP contribution in [0.1, 0.15) is 18.5 Å². The summed E-state index contributed by atoms with van der Waals surface area (Å²) in [5.74, 6) is 0.946. The predicted octanol–water partition coefficient (Wildman–Crippen LogP) is 1.74. The Morgan fingerprint density at radius 2 is 2.08 bits per heavy atom. The van der Waals surface area contributed by atoms with Crippen LogP contribution < -0.4 is 4.90 Å². The van der Waals surface area contributed by atoms with Gasteiger partial charge in [0.15, 0.2) is 0 Å². The van der Waals surface area contributed by atoms with Gasteiger partial charge in [-0.1, -0.05) is 6.07 Å². The molecule has 4 heterocycles. The van der Waals surface area contributed by atoms with Crippen LogP contribution in [0.15, 0.2) is 43.0 Å². The maximum absolute atomic E-state index is 6.27.